The van der Waals surface area contributed by atoms with Crippen LogP contribution in [0.3, 0.4) is 0 Å². The molecule has 0 N–H and O–H groups in total. The molecule has 0 saturated carbocycles. The summed E-state index contributed by atoms with van der Waals surface area (Å²) in [6.45, 7) is 11.0. The molecule has 96 valence electrons. The Kier molecular flexibility index (Phi) is 4.71. The molecule has 0 bridgehead atoms. The predicted molar refractivity (Wildman–Crippen MR) is 72.3 cm³/mol. The van der Waals surface area contributed by atoms with Crippen molar-refractivity contribution in [2.75, 3.05) is 0 Å². The zero-order valence-electron chi connectivity index (χ0n) is 11.4. The SMILES string of the molecule is C[SiH](C)OC(Cc1cc[n+]([O-])cc1)C(C)(C)C. The standard InChI is InChI=1S/C13H23NO2Si/c1-13(2,3)12(16-17(4)5)10-11-6-8-14(15)9-7-11/h6-9,12,17H,10H2,1-5H3. The van der Waals surface area contributed by atoms with E-state index in [4.69, 9.17) is 4.43 Å². The molecule has 17 heavy (non-hydrogen) atoms. The van der Waals surface area contributed by atoms with Crippen LogP contribution in [0.25, 0.3) is 0 Å². The minimum atomic E-state index is -1.05. The van der Waals surface area contributed by atoms with Crippen molar-refractivity contribution in [2.24, 2.45) is 5.41 Å². The van der Waals surface area contributed by atoms with Crippen LogP contribution in [-0.2, 0) is 10.8 Å². The Balaban J connectivity index is 2.75. The normalized spacial score (nSPS) is 14.0. The van der Waals surface area contributed by atoms with E-state index in [0.717, 1.165) is 16.7 Å². The van der Waals surface area contributed by atoms with Gasteiger partial charge in [0.25, 0.3) is 0 Å². The molecular weight excluding hydrogens is 230 g/mol. The second-order valence-electron chi connectivity index (χ2n) is 5.81. The second kappa shape index (κ2) is 5.64. The average molecular weight is 253 g/mol. The quantitative estimate of drug-likeness (QED) is 0.469. The Labute approximate surface area is 106 Å². The zero-order valence-corrected chi connectivity index (χ0v) is 12.6. The molecule has 0 aromatic carbocycles. The van der Waals surface area contributed by atoms with Gasteiger partial charge >= 0.3 is 0 Å². The maximum atomic E-state index is 11.0. The maximum Gasteiger partial charge on any atom is 0.180 e. The molecule has 1 heterocycles. The van der Waals surface area contributed by atoms with Gasteiger partial charge in [-0.2, -0.15) is 4.73 Å². The molecule has 0 fully saturated rings. The molecule has 0 aliphatic carbocycles. The molecule has 1 aromatic heterocycles. The van der Waals surface area contributed by atoms with Crippen LogP contribution in [0.4, 0.5) is 0 Å². The average Bonchev–Trinajstić information content (AvgIpc) is 2.18. The molecule has 0 aliphatic rings. The minimum absolute atomic E-state index is 0.126. The first-order chi connectivity index (χ1) is 7.79. The number of aromatic nitrogens is 1. The summed E-state index contributed by atoms with van der Waals surface area (Å²) in [6.07, 6.45) is 4.18. The van der Waals surface area contributed by atoms with E-state index in [1.54, 1.807) is 12.4 Å². The van der Waals surface area contributed by atoms with Gasteiger partial charge in [-0.15, -0.1) is 0 Å². The molecule has 1 aromatic rings. The number of pyridine rings is 1. The Morgan fingerprint density at radius 2 is 1.82 bits per heavy atom. The van der Waals surface area contributed by atoms with Crippen molar-refractivity contribution in [1.29, 1.82) is 0 Å². The van der Waals surface area contributed by atoms with Crippen molar-refractivity contribution in [3.05, 3.63) is 35.3 Å². The molecule has 3 nitrogen and oxygen atoms in total. The van der Waals surface area contributed by atoms with Crippen LogP contribution in [0.5, 0.6) is 0 Å². The summed E-state index contributed by atoms with van der Waals surface area (Å²) < 4.78 is 6.92. The highest BCUT2D eigenvalue weighted by molar-refractivity contribution is 6.48. The van der Waals surface area contributed by atoms with Gasteiger partial charge in [-0.05, 0) is 30.5 Å². The van der Waals surface area contributed by atoms with Gasteiger partial charge in [0, 0.05) is 12.1 Å². The first-order valence-corrected chi connectivity index (χ1v) is 8.90. The fourth-order valence-electron chi connectivity index (χ4n) is 1.68. The van der Waals surface area contributed by atoms with Crippen molar-refractivity contribution in [3.63, 3.8) is 0 Å². The van der Waals surface area contributed by atoms with Gasteiger partial charge in [0.05, 0.1) is 6.10 Å². The summed E-state index contributed by atoms with van der Waals surface area (Å²) in [5.74, 6) is 0. The van der Waals surface area contributed by atoms with Gasteiger partial charge in [-0.3, -0.25) is 0 Å². The van der Waals surface area contributed by atoms with Crippen molar-refractivity contribution in [1.82, 2.24) is 0 Å². The molecule has 0 aliphatic heterocycles. The zero-order chi connectivity index (χ0) is 13.1. The van der Waals surface area contributed by atoms with E-state index in [-0.39, 0.29) is 11.5 Å². The van der Waals surface area contributed by atoms with E-state index in [1.165, 1.54) is 0 Å². The highest BCUT2D eigenvalue weighted by atomic mass is 28.3. The van der Waals surface area contributed by atoms with Gasteiger partial charge in [-0.1, -0.05) is 20.8 Å². The lowest BCUT2D eigenvalue weighted by Crippen LogP contribution is -2.35. The highest BCUT2D eigenvalue weighted by Crippen LogP contribution is 2.25. The van der Waals surface area contributed by atoms with E-state index in [9.17, 15) is 5.21 Å². The molecule has 1 unspecified atom stereocenters. The fraction of sp³-hybridized carbons (Fsp3) is 0.615. The van der Waals surface area contributed by atoms with Crippen LogP contribution in [0.15, 0.2) is 24.5 Å². The van der Waals surface area contributed by atoms with E-state index >= 15 is 0 Å². The third-order valence-corrected chi connectivity index (χ3v) is 3.57. The van der Waals surface area contributed by atoms with Crippen molar-refractivity contribution < 1.29 is 9.16 Å². The Morgan fingerprint density at radius 3 is 2.24 bits per heavy atom. The number of hydrogen-bond acceptors (Lipinski definition) is 2. The number of hydrogen-bond donors (Lipinski definition) is 0. The van der Waals surface area contributed by atoms with Gasteiger partial charge in [0.15, 0.2) is 21.4 Å². The van der Waals surface area contributed by atoms with Crippen LogP contribution in [0.1, 0.15) is 26.3 Å². The molecule has 1 rings (SSSR count). The number of nitrogens with zero attached hydrogens (tertiary/aromatic N) is 1. The van der Waals surface area contributed by atoms with Gasteiger partial charge in [0.2, 0.25) is 0 Å². The molecule has 0 saturated heterocycles. The summed E-state index contributed by atoms with van der Waals surface area (Å²) in [4.78, 5) is 0. The van der Waals surface area contributed by atoms with Gasteiger partial charge < -0.3 is 9.63 Å². The molecule has 4 heteroatoms. The monoisotopic (exact) mass is 253 g/mol. The summed E-state index contributed by atoms with van der Waals surface area (Å²) in [5.41, 5.74) is 1.28. The fourth-order valence-corrected chi connectivity index (χ4v) is 2.84. The lowest BCUT2D eigenvalue weighted by atomic mass is 9.85. The maximum absolute atomic E-state index is 11.0. The van der Waals surface area contributed by atoms with Crippen LogP contribution in [-0.4, -0.2) is 15.1 Å². The third-order valence-electron chi connectivity index (χ3n) is 2.69. The molecule has 1 atom stereocenters. The van der Waals surface area contributed by atoms with E-state index < -0.39 is 9.04 Å². The molecule has 0 spiro atoms. The van der Waals surface area contributed by atoms with E-state index in [2.05, 4.69) is 33.9 Å². The topological polar surface area (TPSA) is 36.2 Å². The lowest BCUT2D eigenvalue weighted by molar-refractivity contribution is -0.605. The molecule has 0 amide bonds. The largest absolute Gasteiger partial charge is 0.619 e. The Bertz CT molecular complexity index is 343. The Hall–Kier alpha value is -0.873. The van der Waals surface area contributed by atoms with Crippen LogP contribution in [0, 0.1) is 10.6 Å². The van der Waals surface area contributed by atoms with Gasteiger partial charge in [-0.25, -0.2) is 0 Å². The van der Waals surface area contributed by atoms with Crippen LogP contribution < -0.4 is 4.73 Å². The summed E-state index contributed by atoms with van der Waals surface area (Å²) in [6, 6.07) is 3.74. The first kappa shape index (κ1) is 14.2. The van der Waals surface area contributed by atoms with E-state index in [1.807, 2.05) is 12.1 Å². The van der Waals surface area contributed by atoms with Crippen LogP contribution in [0.2, 0.25) is 13.1 Å². The summed E-state index contributed by atoms with van der Waals surface area (Å²) >= 11 is 0. The predicted octanol–water partition coefficient (Wildman–Crippen LogP) is 2.28. The second-order valence-corrected chi connectivity index (χ2v) is 8.18. The van der Waals surface area contributed by atoms with Gasteiger partial charge in [0.1, 0.15) is 0 Å². The summed E-state index contributed by atoms with van der Waals surface area (Å²) in [7, 11) is -1.05. The summed E-state index contributed by atoms with van der Waals surface area (Å²) in [5, 5.41) is 11.0. The minimum Gasteiger partial charge on any atom is -0.619 e. The third kappa shape index (κ3) is 4.87. The van der Waals surface area contributed by atoms with Crippen molar-refractivity contribution in [2.45, 2.75) is 46.4 Å². The van der Waals surface area contributed by atoms with Crippen molar-refractivity contribution in [3.8, 4) is 0 Å². The highest BCUT2D eigenvalue weighted by Gasteiger charge is 2.26. The van der Waals surface area contributed by atoms with E-state index in [0.29, 0.717) is 0 Å². The Morgan fingerprint density at radius 1 is 1.29 bits per heavy atom. The van der Waals surface area contributed by atoms with Crippen LogP contribution >= 0.6 is 0 Å². The first-order valence-electron chi connectivity index (χ1n) is 6.12. The molecular formula is C13H23NO2Si. The smallest absolute Gasteiger partial charge is 0.180 e. The number of rotatable bonds is 4. The van der Waals surface area contributed by atoms with Crippen molar-refractivity contribution >= 4 is 9.04 Å². The lowest BCUT2D eigenvalue weighted by Gasteiger charge is -2.32. The molecule has 0 radical (unpaired) electrons.